The quantitative estimate of drug-likeness (QED) is 0.712. The first-order valence-electron chi connectivity index (χ1n) is 5.82. The van der Waals surface area contributed by atoms with Gasteiger partial charge in [0.05, 0.1) is 24.2 Å². The van der Waals surface area contributed by atoms with Crippen molar-refractivity contribution in [3.05, 3.63) is 0 Å². The Labute approximate surface area is 90.0 Å². The third-order valence-electron chi connectivity index (χ3n) is 3.26. The van der Waals surface area contributed by atoms with E-state index in [9.17, 15) is 9.90 Å². The minimum atomic E-state index is -0.349. The van der Waals surface area contributed by atoms with E-state index in [1.165, 1.54) is 0 Å². The van der Waals surface area contributed by atoms with Gasteiger partial charge in [0.2, 0.25) is 5.91 Å². The van der Waals surface area contributed by atoms with Gasteiger partial charge in [-0.1, -0.05) is 0 Å². The van der Waals surface area contributed by atoms with Crippen LogP contribution in [0, 0.1) is 5.92 Å². The van der Waals surface area contributed by atoms with E-state index in [-0.39, 0.29) is 30.1 Å². The summed E-state index contributed by atoms with van der Waals surface area (Å²) in [6.07, 6.45) is 3.32. The van der Waals surface area contributed by atoms with E-state index in [0.717, 1.165) is 25.7 Å². The number of aliphatic hydroxyl groups is 1. The monoisotopic (exact) mass is 213 g/mol. The van der Waals surface area contributed by atoms with Crippen LogP contribution in [0.25, 0.3) is 0 Å². The zero-order valence-corrected chi connectivity index (χ0v) is 9.11. The van der Waals surface area contributed by atoms with Crippen molar-refractivity contribution in [1.29, 1.82) is 0 Å². The lowest BCUT2D eigenvalue weighted by molar-refractivity contribution is -0.124. The maximum Gasteiger partial charge on any atom is 0.226 e. The zero-order valence-electron chi connectivity index (χ0n) is 9.11. The maximum absolute atomic E-state index is 11.7. The molecular formula is C11H19NO3. The van der Waals surface area contributed by atoms with E-state index in [2.05, 4.69) is 5.32 Å². The summed E-state index contributed by atoms with van der Waals surface area (Å²) in [6, 6.07) is -0.0274. The number of aliphatic hydroxyl groups excluding tert-OH is 1. The number of nitrogens with one attached hydrogen (secondary N) is 1. The Morgan fingerprint density at radius 3 is 2.93 bits per heavy atom. The minimum Gasteiger partial charge on any atom is -0.391 e. The largest absolute Gasteiger partial charge is 0.391 e. The fourth-order valence-corrected chi connectivity index (χ4v) is 2.24. The molecule has 0 aromatic heterocycles. The van der Waals surface area contributed by atoms with Crippen molar-refractivity contribution in [3.8, 4) is 0 Å². The average molecular weight is 213 g/mol. The van der Waals surface area contributed by atoms with Crippen LogP contribution < -0.4 is 5.32 Å². The van der Waals surface area contributed by atoms with E-state index in [4.69, 9.17) is 4.74 Å². The van der Waals surface area contributed by atoms with Crippen molar-refractivity contribution in [2.75, 3.05) is 6.61 Å². The van der Waals surface area contributed by atoms with Gasteiger partial charge in [-0.15, -0.1) is 0 Å². The van der Waals surface area contributed by atoms with Crippen LogP contribution in [0.4, 0.5) is 0 Å². The first-order chi connectivity index (χ1) is 7.22. The second-order valence-corrected chi connectivity index (χ2v) is 4.45. The highest BCUT2D eigenvalue weighted by atomic mass is 16.5. The van der Waals surface area contributed by atoms with Gasteiger partial charge in [0.15, 0.2) is 0 Å². The molecule has 0 radical (unpaired) electrons. The van der Waals surface area contributed by atoms with E-state index < -0.39 is 0 Å². The predicted octanol–water partition coefficient (Wildman–Crippen LogP) is 0.441. The SMILES string of the molecule is CCOC1CC1C(=O)N[C@@H]1CCC[C@H]1O. The van der Waals surface area contributed by atoms with Crippen LogP contribution >= 0.6 is 0 Å². The van der Waals surface area contributed by atoms with Crippen LogP contribution in [-0.4, -0.2) is 35.9 Å². The van der Waals surface area contributed by atoms with Gasteiger partial charge in [0.1, 0.15) is 0 Å². The van der Waals surface area contributed by atoms with Crippen LogP contribution in [0.15, 0.2) is 0 Å². The molecule has 0 aliphatic heterocycles. The molecule has 0 heterocycles. The van der Waals surface area contributed by atoms with E-state index in [1.807, 2.05) is 6.92 Å². The molecular weight excluding hydrogens is 194 g/mol. The molecule has 0 bridgehead atoms. The van der Waals surface area contributed by atoms with Crippen molar-refractivity contribution in [3.63, 3.8) is 0 Å². The molecule has 0 saturated heterocycles. The predicted molar refractivity (Wildman–Crippen MR) is 55.3 cm³/mol. The summed E-state index contributed by atoms with van der Waals surface area (Å²) in [4.78, 5) is 11.7. The molecule has 2 rings (SSSR count). The van der Waals surface area contributed by atoms with Gasteiger partial charge in [-0.25, -0.2) is 0 Å². The molecule has 2 saturated carbocycles. The molecule has 15 heavy (non-hydrogen) atoms. The topological polar surface area (TPSA) is 58.6 Å². The van der Waals surface area contributed by atoms with Crippen molar-refractivity contribution in [2.24, 2.45) is 5.92 Å². The van der Waals surface area contributed by atoms with Gasteiger partial charge in [0, 0.05) is 6.61 Å². The molecule has 4 nitrogen and oxygen atoms in total. The molecule has 4 heteroatoms. The number of hydrogen-bond acceptors (Lipinski definition) is 3. The Morgan fingerprint density at radius 1 is 1.53 bits per heavy atom. The first-order valence-corrected chi connectivity index (χ1v) is 5.82. The minimum absolute atomic E-state index is 0.0257. The highest BCUT2D eigenvalue weighted by Crippen LogP contribution is 2.34. The molecule has 2 aliphatic carbocycles. The van der Waals surface area contributed by atoms with Crippen molar-refractivity contribution >= 4 is 5.91 Å². The molecule has 0 spiro atoms. The van der Waals surface area contributed by atoms with Gasteiger partial charge in [-0.3, -0.25) is 4.79 Å². The number of amides is 1. The fourth-order valence-electron chi connectivity index (χ4n) is 2.24. The van der Waals surface area contributed by atoms with Gasteiger partial charge < -0.3 is 15.2 Å². The molecule has 0 aromatic rings. The number of carbonyl (C=O) groups excluding carboxylic acids is 1. The van der Waals surface area contributed by atoms with Crippen LogP contribution in [-0.2, 0) is 9.53 Å². The van der Waals surface area contributed by atoms with Gasteiger partial charge in [-0.05, 0) is 32.6 Å². The lowest BCUT2D eigenvalue weighted by atomic mass is 10.2. The third-order valence-corrected chi connectivity index (χ3v) is 3.26. The molecule has 4 atom stereocenters. The standard InChI is InChI=1S/C11H19NO3/c1-2-15-10-6-7(10)11(14)12-8-4-3-5-9(8)13/h7-10,13H,2-6H2,1H3,(H,12,14)/t7?,8-,9-,10?/m1/s1. The van der Waals surface area contributed by atoms with E-state index in [1.54, 1.807) is 0 Å². The maximum atomic E-state index is 11.7. The van der Waals surface area contributed by atoms with Gasteiger partial charge in [0.25, 0.3) is 0 Å². The lowest BCUT2D eigenvalue weighted by Gasteiger charge is -2.16. The van der Waals surface area contributed by atoms with Crippen LogP contribution in [0.1, 0.15) is 32.6 Å². The summed E-state index contributed by atoms with van der Waals surface area (Å²) in [5.74, 6) is 0.0807. The van der Waals surface area contributed by atoms with Gasteiger partial charge >= 0.3 is 0 Å². The van der Waals surface area contributed by atoms with E-state index >= 15 is 0 Å². The van der Waals surface area contributed by atoms with Crippen LogP contribution in [0.5, 0.6) is 0 Å². The molecule has 2 aliphatic rings. The lowest BCUT2D eigenvalue weighted by Crippen LogP contribution is -2.41. The summed E-state index contributed by atoms with van der Waals surface area (Å²) in [7, 11) is 0. The summed E-state index contributed by atoms with van der Waals surface area (Å²) >= 11 is 0. The average Bonchev–Trinajstić information content (AvgIpc) is 2.86. The molecule has 1 amide bonds. The molecule has 2 N–H and O–H groups in total. The molecule has 2 fully saturated rings. The van der Waals surface area contributed by atoms with Crippen molar-refractivity contribution in [2.45, 2.75) is 50.9 Å². The third kappa shape index (κ3) is 2.49. The second kappa shape index (κ2) is 4.49. The normalized spacial score (nSPS) is 39.1. The van der Waals surface area contributed by atoms with Crippen LogP contribution in [0.2, 0.25) is 0 Å². The number of ether oxygens (including phenoxy) is 1. The van der Waals surface area contributed by atoms with E-state index in [0.29, 0.717) is 6.61 Å². The molecule has 0 aromatic carbocycles. The summed E-state index contributed by atoms with van der Waals surface area (Å²) in [6.45, 7) is 2.61. The number of hydrogen-bond donors (Lipinski definition) is 2. The number of rotatable bonds is 4. The Hall–Kier alpha value is -0.610. The zero-order chi connectivity index (χ0) is 10.8. The van der Waals surface area contributed by atoms with Gasteiger partial charge in [-0.2, -0.15) is 0 Å². The van der Waals surface area contributed by atoms with Crippen molar-refractivity contribution < 1.29 is 14.6 Å². The highest BCUT2D eigenvalue weighted by Gasteiger charge is 2.45. The number of carbonyl (C=O) groups is 1. The smallest absolute Gasteiger partial charge is 0.226 e. The Bertz CT molecular complexity index is 244. The van der Waals surface area contributed by atoms with Crippen LogP contribution in [0.3, 0.4) is 0 Å². The molecule has 86 valence electrons. The summed E-state index contributed by atoms with van der Waals surface area (Å²) in [5.41, 5.74) is 0. The Kier molecular flexibility index (Phi) is 3.26. The second-order valence-electron chi connectivity index (χ2n) is 4.45. The Balaban J connectivity index is 1.74. The van der Waals surface area contributed by atoms with Crippen molar-refractivity contribution in [1.82, 2.24) is 5.32 Å². The highest BCUT2D eigenvalue weighted by molar-refractivity contribution is 5.82. The first kappa shape index (κ1) is 10.9. The summed E-state index contributed by atoms with van der Waals surface area (Å²) < 4.78 is 5.35. The fraction of sp³-hybridized carbons (Fsp3) is 0.909. The molecule has 2 unspecified atom stereocenters. The summed E-state index contributed by atoms with van der Waals surface area (Å²) in [5, 5.41) is 12.5. The Morgan fingerprint density at radius 2 is 2.33 bits per heavy atom.